The Bertz CT molecular complexity index is 1910. The zero-order valence-corrected chi connectivity index (χ0v) is 34.3. The number of benzene rings is 4. The van der Waals surface area contributed by atoms with E-state index in [0.717, 1.165) is 22.3 Å². The molecule has 10 atom stereocenters. The highest BCUT2D eigenvalue weighted by Gasteiger charge is 2.62. The molecule has 8 rings (SSSR count). The van der Waals surface area contributed by atoms with Gasteiger partial charge in [-0.3, -0.25) is 0 Å². The van der Waals surface area contributed by atoms with Gasteiger partial charge in [0.1, 0.15) is 48.8 Å². The van der Waals surface area contributed by atoms with Crippen LogP contribution in [0.2, 0.25) is 0 Å². The second kappa shape index (κ2) is 18.4. The molecule has 4 aromatic carbocycles. The van der Waals surface area contributed by atoms with Gasteiger partial charge in [0.15, 0.2) is 17.9 Å². The molecule has 11 heteroatoms. The van der Waals surface area contributed by atoms with Crippen LogP contribution in [0, 0.1) is 0 Å². The molecule has 4 saturated heterocycles. The number of rotatable bonds is 17. The molecule has 4 aromatic rings. The first-order valence-electron chi connectivity index (χ1n) is 20.5. The lowest BCUT2D eigenvalue weighted by Gasteiger charge is -2.51. The normalized spacial score (nSPS) is 32.0. The lowest BCUT2D eigenvalue weighted by Crippen LogP contribution is -2.68. The SMILES string of the molecule is C=C[C@]1(OCC2O[C@@H]3OC(C)(C)OC3[C@H]3OC(C)(C)O[C@@H]23)OC(COCc2ccccc2)[C@H](OCc2ccccc2)[C@@H](OCc2ccccc2)C1OCc1ccccc1. The topological polar surface area (TPSA) is 102 Å². The third kappa shape index (κ3) is 10.0. The van der Waals surface area contributed by atoms with Crippen LogP contribution in [0.25, 0.3) is 0 Å². The molecule has 0 radical (unpaired) electrons. The highest BCUT2D eigenvalue weighted by atomic mass is 16.9. The van der Waals surface area contributed by atoms with E-state index >= 15 is 0 Å². The lowest BCUT2D eigenvalue weighted by atomic mass is 9.91. The summed E-state index contributed by atoms with van der Waals surface area (Å²) in [7, 11) is 0. The van der Waals surface area contributed by atoms with Crippen molar-refractivity contribution in [2.45, 2.75) is 127 Å². The van der Waals surface area contributed by atoms with Gasteiger partial charge in [-0.2, -0.15) is 0 Å². The van der Waals surface area contributed by atoms with Crippen molar-refractivity contribution in [3.63, 3.8) is 0 Å². The van der Waals surface area contributed by atoms with Gasteiger partial charge in [0.25, 0.3) is 0 Å². The van der Waals surface area contributed by atoms with Crippen LogP contribution < -0.4 is 0 Å². The molecule has 0 spiro atoms. The summed E-state index contributed by atoms with van der Waals surface area (Å²) in [5.74, 6) is -3.34. The van der Waals surface area contributed by atoms with Crippen LogP contribution in [0.1, 0.15) is 49.9 Å². The van der Waals surface area contributed by atoms with Crippen LogP contribution >= 0.6 is 0 Å². The molecule has 11 nitrogen and oxygen atoms in total. The zero-order valence-electron chi connectivity index (χ0n) is 34.3. The molecular formula is C48H56O11. The average molecular weight is 809 g/mol. The Labute approximate surface area is 347 Å². The first-order chi connectivity index (χ1) is 28.6. The Morgan fingerprint density at radius 3 is 1.54 bits per heavy atom. The molecule has 4 unspecified atom stereocenters. The number of hydrogen-bond donors (Lipinski definition) is 0. The predicted octanol–water partition coefficient (Wildman–Crippen LogP) is 7.65. The van der Waals surface area contributed by atoms with Crippen LogP contribution in [-0.4, -0.2) is 85.7 Å². The van der Waals surface area contributed by atoms with Gasteiger partial charge in [-0.15, -0.1) is 0 Å². The minimum atomic E-state index is -1.58. The number of ether oxygens (including phenoxy) is 11. The molecule has 4 aliphatic rings. The average Bonchev–Trinajstić information content (AvgIpc) is 3.76. The van der Waals surface area contributed by atoms with E-state index < -0.39 is 72.5 Å². The third-order valence-electron chi connectivity index (χ3n) is 11.0. The van der Waals surface area contributed by atoms with Gasteiger partial charge < -0.3 is 52.1 Å². The largest absolute Gasteiger partial charge is 0.374 e. The summed E-state index contributed by atoms with van der Waals surface area (Å²) >= 11 is 0. The van der Waals surface area contributed by atoms with Crippen LogP contribution in [0.5, 0.6) is 0 Å². The summed E-state index contributed by atoms with van der Waals surface area (Å²) in [6.07, 6.45) is -4.16. The molecule has 0 saturated carbocycles. The van der Waals surface area contributed by atoms with Crippen molar-refractivity contribution in [1.82, 2.24) is 0 Å². The molecule has 59 heavy (non-hydrogen) atoms. The molecular weight excluding hydrogens is 753 g/mol. The summed E-state index contributed by atoms with van der Waals surface area (Å²) in [4.78, 5) is 0. The first kappa shape index (κ1) is 41.9. The standard InChI is InChI=1S/C48H56O11/c1-6-48(53-32-37-40-41(57-46(2,3)56-40)43-45(54-37)59-47(4,5)58-43)44(52-30-36-25-17-10-18-26-36)42(51-29-35-23-15-9-16-24-35)39(50-28-34-21-13-8-14-22-34)38(55-48)31-49-27-33-19-11-7-12-20-33/h6-26,37-45H,1,27-32H2,2-5H3/t37?,38?,39-,40-,41-,42+,43?,44?,45+,48-/m0/s1. The van der Waals surface area contributed by atoms with Crippen molar-refractivity contribution >= 4 is 0 Å². The smallest absolute Gasteiger partial charge is 0.217 e. The Kier molecular flexibility index (Phi) is 13.1. The first-order valence-corrected chi connectivity index (χ1v) is 20.5. The summed E-state index contributed by atoms with van der Waals surface area (Å²) < 4.78 is 73.3. The van der Waals surface area contributed by atoms with Gasteiger partial charge in [-0.05, 0) is 56.0 Å². The van der Waals surface area contributed by atoms with E-state index in [4.69, 9.17) is 52.1 Å². The monoisotopic (exact) mass is 808 g/mol. The highest BCUT2D eigenvalue weighted by Crippen LogP contribution is 2.45. The third-order valence-corrected chi connectivity index (χ3v) is 11.0. The van der Waals surface area contributed by atoms with Crippen molar-refractivity contribution in [1.29, 1.82) is 0 Å². The van der Waals surface area contributed by atoms with Crippen molar-refractivity contribution in [3.05, 3.63) is 156 Å². The van der Waals surface area contributed by atoms with Gasteiger partial charge in [0.05, 0.1) is 39.6 Å². The summed E-state index contributed by atoms with van der Waals surface area (Å²) in [6, 6.07) is 40.0. The van der Waals surface area contributed by atoms with Crippen LogP contribution in [0.15, 0.2) is 134 Å². The van der Waals surface area contributed by atoms with Gasteiger partial charge in [-0.1, -0.05) is 128 Å². The van der Waals surface area contributed by atoms with E-state index in [1.54, 1.807) is 6.08 Å². The lowest BCUT2D eigenvalue weighted by molar-refractivity contribution is -0.371. The predicted molar refractivity (Wildman–Crippen MR) is 217 cm³/mol. The van der Waals surface area contributed by atoms with Crippen molar-refractivity contribution in [2.75, 3.05) is 13.2 Å². The molecule has 4 heterocycles. The number of fused-ring (bicyclic) bond motifs is 3. The second-order valence-corrected chi connectivity index (χ2v) is 16.3. The van der Waals surface area contributed by atoms with Gasteiger partial charge in [0.2, 0.25) is 5.79 Å². The molecule has 0 aromatic heterocycles. The Balaban J connectivity index is 1.14. The van der Waals surface area contributed by atoms with Crippen LogP contribution in [0.3, 0.4) is 0 Å². The highest BCUT2D eigenvalue weighted by molar-refractivity contribution is 5.18. The van der Waals surface area contributed by atoms with E-state index in [2.05, 4.69) is 6.58 Å². The molecule has 0 N–H and O–H groups in total. The van der Waals surface area contributed by atoms with Crippen molar-refractivity contribution < 1.29 is 52.1 Å². The van der Waals surface area contributed by atoms with Gasteiger partial charge in [-0.25, -0.2) is 0 Å². The fraction of sp³-hybridized carbons (Fsp3) is 0.458. The molecule has 0 aliphatic carbocycles. The van der Waals surface area contributed by atoms with Gasteiger partial charge in [0, 0.05) is 0 Å². The summed E-state index contributed by atoms with van der Waals surface area (Å²) in [6.45, 7) is 13.1. The Hall–Kier alpha value is -3.82. The molecule has 4 fully saturated rings. The van der Waals surface area contributed by atoms with Crippen LogP contribution in [0.4, 0.5) is 0 Å². The fourth-order valence-electron chi connectivity index (χ4n) is 8.25. The molecule has 4 aliphatic heterocycles. The molecule has 314 valence electrons. The fourth-order valence-corrected chi connectivity index (χ4v) is 8.25. The Morgan fingerprint density at radius 2 is 0.983 bits per heavy atom. The molecule has 0 bridgehead atoms. The quantitative estimate of drug-likeness (QED) is 0.0984. The maximum absolute atomic E-state index is 7.13. The van der Waals surface area contributed by atoms with E-state index in [-0.39, 0.29) is 26.4 Å². The van der Waals surface area contributed by atoms with E-state index in [9.17, 15) is 0 Å². The Morgan fingerprint density at radius 1 is 0.508 bits per heavy atom. The van der Waals surface area contributed by atoms with Crippen LogP contribution in [-0.2, 0) is 78.5 Å². The van der Waals surface area contributed by atoms with Gasteiger partial charge >= 0.3 is 0 Å². The maximum atomic E-state index is 7.13. The summed E-state index contributed by atoms with van der Waals surface area (Å²) in [5.41, 5.74) is 3.99. The number of hydrogen-bond acceptors (Lipinski definition) is 11. The molecule has 0 amide bonds. The minimum Gasteiger partial charge on any atom is -0.374 e. The van der Waals surface area contributed by atoms with E-state index in [0.29, 0.717) is 13.2 Å². The van der Waals surface area contributed by atoms with Crippen molar-refractivity contribution in [2.24, 2.45) is 0 Å². The van der Waals surface area contributed by atoms with E-state index in [1.165, 1.54) is 0 Å². The maximum Gasteiger partial charge on any atom is 0.217 e. The van der Waals surface area contributed by atoms with E-state index in [1.807, 2.05) is 149 Å². The summed E-state index contributed by atoms with van der Waals surface area (Å²) in [5, 5.41) is 0. The van der Waals surface area contributed by atoms with Crippen molar-refractivity contribution in [3.8, 4) is 0 Å². The zero-order chi connectivity index (χ0) is 40.9. The second-order valence-electron chi connectivity index (χ2n) is 16.3. The minimum absolute atomic E-state index is 0.00334.